The van der Waals surface area contributed by atoms with E-state index in [4.69, 9.17) is 5.73 Å². The Bertz CT molecular complexity index is 436. The lowest BCUT2D eigenvalue weighted by Crippen LogP contribution is -2.08. The zero-order valence-electron chi connectivity index (χ0n) is 9.40. The van der Waals surface area contributed by atoms with Crippen LogP contribution in [-0.2, 0) is 4.79 Å². The van der Waals surface area contributed by atoms with Gasteiger partial charge in [-0.2, -0.15) is 4.99 Å². The molecule has 0 saturated heterocycles. The number of anilines is 1. The van der Waals surface area contributed by atoms with Gasteiger partial charge in [-0.25, -0.2) is 0 Å². The van der Waals surface area contributed by atoms with E-state index in [1.165, 1.54) is 17.2 Å². The van der Waals surface area contributed by atoms with Crippen LogP contribution in [0.15, 0.2) is 35.5 Å². The molecule has 0 unspecified atom stereocenters. The second-order valence-corrected chi connectivity index (χ2v) is 3.44. The summed E-state index contributed by atoms with van der Waals surface area (Å²) in [7, 11) is 0. The first-order valence-electron chi connectivity index (χ1n) is 4.90. The molecule has 84 valence electrons. The predicted molar refractivity (Wildman–Crippen MR) is 66.4 cm³/mol. The van der Waals surface area contributed by atoms with Gasteiger partial charge in [-0.3, -0.25) is 4.79 Å². The Labute approximate surface area is 94.9 Å². The average Bonchev–Trinajstić information content (AvgIpc) is 2.24. The number of hydrogen-bond acceptors (Lipinski definition) is 2. The highest BCUT2D eigenvalue weighted by atomic mass is 16.1. The third-order valence-corrected chi connectivity index (χ3v) is 2.21. The monoisotopic (exact) mass is 217 g/mol. The van der Waals surface area contributed by atoms with Gasteiger partial charge in [0.15, 0.2) is 0 Å². The minimum Gasteiger partial charge on any atom is -0.384 e. The van der Waals surface area contributed by atoms with Crippen molar-refractivity contribution in [3.05, 3.63) is 41.6 Å². The van der Waals surface area contributed by atoms with Gasteiger partial charge in [-0.05, 0) is 43.2 Å². The van der Waals surface area contributed by atoms with Gasteiger partial charge >= 0.3 is 0 Å². The van der Waals surface area contributed by atoms with Crippen LogP contribution in [0.1, 0.15) is 11.1 Å². The Balaban J connectivity index is 2.64. The number of nitrogens with one attached hydrogen (secondary N) is 1. The maximum absolute atomic E-state index is 10.0. The second kappa shape index (κ2) is 5.70. The Kier molecular flexibility index (Phi) is 4.27. The molecule has 0 radical (unpaired) electrons. The van der Waals surface area contributed by atoms with Crippen LogP contribution in [0.2, 0.25) is 0 Å². The highest BCUT2D eigenvalue weighted by molar-refractivity contribution is 5.95. The summed E-state index contributed by atoms with van der Waals surface area (Å²) in [6.07, 6.45) is 3.59. The van der Waals surface area contributed by atoms with Crippen molar-refractivity contribution in [2.24, 2.45) is 10.7 Å². The number of hydrogen-bond donors (Lipinski definition) is 2. The summed E-state index contributed by atoms with van der Waals surface area (Å²) in [5.74, 6) is 0.173. The summed E-state index contributed by atoms with van der Waals surface area (Å²) in [6, 6.07) is 6.04. The maximum atomic E-state index is 10.0. The normalized spacial score (nSPS) is 11.8. The molecule has 0 fully saturated rings. The standard InChI is InChI=1S/C12H15N3O/c1-9-3-4-11(7-10(9)2)14-6-5-12(13)15-8-16/h3-8,14H,1-2H3,(H2,13,15,16)/b6-5-. The number of carbonyl (C=O) groups is 1. The van der Waals surface area contributed by atoms with Crippen LogP contribution < -0.4 is 11.1 Å². The molecule has 4 nitrogen and oxygen atoms in total. The maximum Gasteiger partial charge on any atom is 0.234 e. The van der Waals surface area contributed by atoms with Gasteiger partial charge in [0.25, 0.3) is 0 Å². The van der Waals surface area contributed by atoms with Crippen LogP contribution >= 0.6 is 0 Å². The van der Waals surface area contributed by atoms with E-state index in [-0.39, 0.29) is 5.84 Å². The summed E-state index contributed by atoms with van der Waals surface area (Å²) in [4.78, 5) is 13.4. The van der Waals surface area contributed by atoms with Crippen molar-refractivity contribution in [3.8, 4) is 0 Å². The minimum absolute atomic E-state index is 0.173. The number of aryl methyl sites for hydroxylation is 2. The van der Waals surface area contributed by atoms with E-state index in [2.05, 4.69) is 17.2 Å². The number of nitrogens with zero attached hydrogens (tertiary/aromatic N) is 1. The number of nitrogens with two attached hydrogens (primary N) is 1. The Morgan fingerprint density at radius 1 is 1.38 bits per heavy atom. The fraction of sp³-hybridized carbons (Fsp3) is 0.167. The Morgan fingerprint density at radius 3 is 2.75 bits per heavy atom. The lowest BCUT2D eigenvalue weighted by molar-refractivity contribution is -0.106. The fourth-order valence-corrected chi connectivity index (χ4v) is 1.16. The molecule has 0 bridgehead atoms. The van der Waals surface area contributed by atoms with Gasteiger partial charge in [0, 0.05) is 11.9 Å². The van der Waals surface area contributed by atoms with Crippen LogP contribution in [0.5, 0.6) is 0 Å². The average molecular weight is 217 g/mol. The van der Waals surface area contributed by atoms with Crippen LogP contribution in [0.25, 0.3) is 0 Å². The zero-order valence-corrected chi connectivity index (χ0v) is 9.40. The zero-order chi connectivity index (χ0) is 12.0. The van der Waals surface area contributed by atoms with Crippen molar-refractivity contribution in [1.82, 2.24) is 0 Å². The molecule has 0 atom stereocenters. The van der Waals surface area contributed by atoms with E-state index in [9.17, 15) is 4.79 Å². The number of carbonyl (C=O) groups excluding carboxylic acids is 1. The summed E-state index contributed by atoms with van der Waals surface area (Å²) in [6.45, 7) is 4.11. The first kappa shape index (κ1) is 12.0. The molecule has 0 aliphatic rings. The number of benzene rings is 1. The van der Waals surface area contributed by atoms with Gasteiger partial charge in [0.2, 0.25) is 6.41 Å². The largest absolute Gasteiger partial charge is 0.384 e. The summed E-state index contributed by atoms with van der Waals surface area (Å²) < 4.78 is 0. The molecule has 1 aromatic rings. The topological polar surface area (TPSA) is 67.5 Å². The van der Waals surface area contributed by atoms with E-state index in [0.29, 0.717) is 6.41 Å². The van der Waals surface area contributed by atoms with Crippen molar-refractivity contribution in [2.75, 3.05) is 5.32 Å². The van der Waals surface area contributed by atoms with Gasteiger partial charge in [-0.1, -0.05) is 6.07 Å². The molecule has 3 N–H and O–H groups in total. The molecule has 0 spiro atoms. The molecular formula is C12H15N3O. The third-order valence-electron chi connectivity index (χ3n) is 2.21. The molecule has 0 heterocycles. The highest BCUT2D eigenvalue weighted by Gasteiger charge is 1.93. The smallest absolute Gasteiger partial charge is 0.234 e. The number of rotatable bonds is 4. The van der Waals surface area contributed by atoms with Gasteiger partial charge < -0.3 is 11.1 Å². The molecular weight excluding hydrogens is 202 g/mol. The molecule has 1 aromatic carbocycles. The van der Waals surface area contributed by atoms with Crippen molar-refractivity contribution < 1.29 is 4.79 Å². The van der Waals surface area contributed by atoms with E-state index < -0.39 is 0 Å². The molecule has 1 amide bonds. The van der Waals surface area contributed by atoms with E-state index >= 15 is 0 Å². The lowest BCUT2D eigenvalue weighted by atomic mass is 10.1. The van der Waals surface area contributed by atoms with Crippen LogP contribution in [0, 0.1) is 13.8 Å². The summed E-state index contributed by atoms with van der Waals surface area (Å²) in [5.41, 5.74) is 8.83. The molecule has 16 heavy (non-hydrogen) atoms. The fourth-order valence-electron chi connectivity index (χ4n) is 1.16. The predicted octanol–water partition coefficient (Wildman–Crippen LogP) is 1.74. The molecule has 0 aromatic heterocycles. The lowest BCUT2D eigenvalue weighted by Gasteiger charge is -2.04. The second-order valence-electron chi connectivity index (χ2n) is 3.44. The Morgan fingerprint density at radius 2 is 2.12 bits per heavy atom. The number of amidine groups is 1. The first-order chi connectivity index (χ1) is 7.63. The molecule has 0 aliphatic carbocycles. The number of amides is 1. The summed E-state index contributed by atoms with van der Waals surface area (Å²) >= 11 is 0. The van der Waals surface area contributed by atoms with Gasteiger partial charge in [0.1, 0.15) is 5.84 Å². The van der Waals surface area contributed by atoms with Crippen molar-refractivity contribution in [2.45, 2.75) is 13.8 Å². The van der Waals surface area contributed by atoms with Gasteiger partial charge in [0.05, 0.1) is 0 Å². The van der Waals surface area contributed by atoms with Crippen LogP contribution in [-0.4, -0.2) is 12.2 Å². The molecule has 0 aliphatic heterocycles. The Hall–Kier alpha value is -2.10. The quantitative estimate of drug-likeness (QED) is 0.458. The SMILES string of the molecule is Cc1ccc(N/C=C\C(N)=NC=O)cc1C. The van der Waals surface area contributed by atoms with Gasteiger partial charge in [-0.15, -0.1) is 0 Å². The van der Waals surface area contributed by atoms with Crippen molar-refractivity contribution >= 4 is 17.9 Å². The minimum atomic E-state index is 0.173. The number of aliphatic imine (C=N–C) groups is 1. The van der Waals surface area contributed by atoms with Crippen LogP contribution in [0.4, 0.5) is 5.69 Å². The highest BCUT2D eigenvalue weighted by Crippen LogP contribution is 2.13. The van der Waals surface area contributed by atoms with E-state index in [1.54, 1.807) is 6.20 Å². The van der Waals surface area contributed by atoms with Crippen molar-refractivity contribution in [3.63, 3.8) is 0 Å². The van der Waals surface area contributed by atoms with Crippen molar-refractivity contribution in [1.29, 1.82) is 0 Å². The van der Waals surface area contributed by atoms with E-state index in [1.807, 2.05) is 25.1 Å². The summed E-state index contributed by atoms with van der Waals surface area (Å²) in [5, 5.41) is 3.04. The molecule has 0 saturated carbocycles. The third kappa shape index (κ3) is 3.57. The molecule has 4 heteroatoms. The molecule has 1 rings (SSSR count). The van der Waals surface area contributed by atoms with Crippen LogP contribution in [0.3, 0.4) is 0 Å². The van der Waals surface area contributed by atoms with E-state index in [0.717, 1.165) is 5.69 Å². The first-order valence-corrected chi connectivity index (χ1v) is 4.90.